The van der Waals surface area contributed by atoms with Gasteiger partial charge >= 0.3 is 0 Å². The Morgan fingerprint density at radius 3 is 2.58 bits per heavy atom. The molecule has 0 spiro atoms. The lowest BCUT2D eigenvalue weighted by molar-refractivity contribution is -0.142. The van der Waals surface area contributed by atoms with E-state index in [1.54, 1.807) is 4.90 Å². The minimum atomic E-state index is -1.25. The van der Waals surface area contributed by atoms with E-state index in [4.69, 9.17) is 10.2 Å². The van der Waals surface area contributed by atoms with Gasteiger partial charge in [-0.25, -0.2) is 0 Å². The van der Waals surface area contributed by atoms with Crippen molar-refractivity contribution in [2.75, 3.05) is 32.8 Å². The lowest BCUT2D eigenvalue weighted by atomic mass is 10.3. The van der Waals surface area contributed by atoms with Crippen LogP contribution in [0.2, 0.25) is 0 Å². The van der Waals surface area contributed by atoms with Crippen LogP contribution in [0.1, 0.15) is 0 Å². The second-order valence-electron chi connectivity index (χ2n) is 2.77. The van der Waals surface area contributed by atoms with Crippen molar-refractivity contribution >= 4 is 5.91 Å². The number of carbonyl (C=O) groups excluding carboxylic acids is 1. The molecule has 12 heavy (non-hydrogen) atoms. The molecule has 1 fully saturated rings. The smallest absolute Gasteiger partial charge is 0.253 e. The van der Waals surface area contributed by atoms with Crippen molar-refractivity contribution in [3.63, 3.8) is 0 Å². The zero-order valence-electron chi connectivity index (χ0n) is 6.86. The van der Waals surface area contributed by atoms with Gasteiger partial charge in [0.1, 0.15) is 0 Å². The first-order valence-electron chi connectivity index (χ1n) is 4.04. The molecule has 5 heteroatoms. The van der Waals surface area contributed by atoms with E-state index < -0.39 is 12.7 Å². The van der Waals surface area contributed by atoms with Crippen LogP contribution in [-0.4, -0.2) is 59.9 Å². The highest BCUT2D eigenvalue weighted by Crippen LogP contribution is 1.96. The number of carbonyl (C=O) groups is 1. The first-order valence-corrected chi connectivity index (χ1v) is 4.04. The van der Waals surface area contributed by atoms with Gasteiger partial charge in [-0.05, 0) is 0 Å². The van der Waals surface area contributed by atoms with E-state index in [2.05, 4.69) is 5.32 Å². The molecule has 1 saturated heterocycles. The Morgan fingerprint density at radius 1 is 1.50 bits per heavy atom. The average molecular weight is 174 g/mol. The fourth-order valence-corrected chi connectivity index (χ4v) is 1.17. The molecule has 70 valence electrons. The summed E-state index contributed by atoms with van der Waals surface area (Å²) in [4.78, 5) is 12.8. The van der Waals surface area contributed by atoms with Gasteiger partial charge in [-0.2, -0.15) is 0 Å². The fraction of sp³-hybridized carbons (Fsp3) is 0.857. The predicted octanol–water partition coefficient (Wildman–Crippen LogP) is -2.23. The summed E-state index contributed by atoms with van der Waals surface area (Å²) in [6.45, 7) is 2.22. The van der Waals surface area contributed by atoms with Gasteiger partial charge in [0.25, 0.3) is 5.91 Å². The average Bonchev–Trinajstić information content (AvgIpc) is 2.17. The lowest BCUT2D eigenvalue weighted by Crippen LogP contribution is -2.50. The summed E-state index contributed by atoms with van der Waals surface area (Å²) < 4.78 is 0. The highest BCUT2D eigenvalue weighted by Gasteiger charge is 2.22. The van der Waals surface area contributed by atoms with Crippen LogP contribution in [0.15, 0.2) is 0 Å². The van der Waals surface area contributed by atoms with Crippen LogP contribution < -0.4 is 5.32 Å². The molecular formula is C7H14N2O3. The third kappa shape index (κ3) is 2.17. The molecule has 0 aromatic carbocycles. The second kappa shape index (κ2) is 4.39. The number of amides is 1. The molecule has 0 aromatic heterocycles. The van der Waals surface area contributed by atoms with Crippen LogP contribution in [0.3, 0.4) is 0 Å². The van der Waals surface area contributed by atoms with Crippen molar-refractivity contribution in [2.24, 2.45) is 0 Å². The number of aliphatic hydroxyl groups excluding tert-OH is 2. The van der Waals surface area contributed by atoms with Crippen molar-refractivity contribution in [2.45, 2.75) is 6.10 Å². The van der Waals surface area contributed by atoms with E-state index in [1.807, 2.05) is 0 Å². The number of rotatable bonds is 2. The highest BCUT2D eigenvalue weighted by atomic mass is 16.3. The number of nitrogens with zero attached hydrogens (tertiary/aromatic N) is 1. The Labute approximate surface area is 71.0 Å². The Bertz CT molecular complexity index is 157. The fourth-order valence-electron chi connectivity index (χ4n) is 1.17. The number of hydrogen-bond donors (Lipinski definition) is 3. The van der Waals surface area contributed by atoms with Gasteiger partial charge in [0.2, 0.25) is 0 Å². The van der Waals surface area contributed by atoms with Crippen molar-refractivity contribution < 1.29 is 15.0 Å². The SMILES string of the molecule is O=C(C(O)CO)N1CCNCC1. The molecule has 0 saturated carbocycles. The molecule has 0 radical (unpaired) electrons. The molecule has 0 bridgehead atoms. The van der Waals surface area contributed by atoms with Crippen molar-refractivity contribution in [3.8, 4) is 0 Å². The normalized spacial score (nSPS) is 20.7. The summed E-state index contributed by atoms with van der Waals surface area (Å²) >= 11 is 0. The topological polar surface area (TPSA) is 72.8 Å². The predicted molar refractivity (Wildman–Crippen MR) is 42.5 cm³/mol. The number of aliphatic hydroxyl groups is 2. The zero-order chi connectivity index (χ0) is 8.97. The number of hydrogen-bond acceptors (Lipinski definition) is 4. The minimum absolute atomic E-state index is 0.376. The summed E-state index contributed by atoms with van der Waals surface area (Å²) in [5.41, 5.74) is 0. The minimum Gasteiger partial charge on any atom is -0.393 e. The first-order chi connectivity index (χ1) is 5.75. The van der Waals surface area contributed by atoms with E-state index in [-0.39, 0.29) is 5.91 Å². The summed E-state index contributed by atoms with van der Waals surface area (Å²) in [6.07, 6.45) is -1.25. The Balaban J connectivity index is 2.39. The van der Waals surface area contributed by atoms with Gasteiger partial charge in [-0.3, -0.25) is 4.79 Å². The van der Waals surface area contributed by atoms with Crippen LogP contribution in [0.25, 0.3) is 0 Å². The maximum absolute atomic E-state index is 11.2. The van der Waals surface area contributed by atoms with E-state index in [9.17, 15) is 4.79 Å². The Hall–Kier alpha value is -0.650. The largest absolute Gasteiger partial charge is 0.393 e. The molecule has 1 aliphatic heterocycles. The molecule has 1 atom stereocenters. The molecule has 0 aliphatic carbocycles. The molecule has 3 N–H and O–H groups in total. The number of piperazine rings is 1. The highest BCUT2D eigenvalue weighted by molar-refractivity contribution is 5.80. The van der Waals surface area contributed by atoms with E-state index in [1.165, 1.54) is 0 Å². The Kier molecular flexibility index (Phi) is 3.46. The number of nitrogens with one attached hydrogen (secondary N) is 1. The van der Waals surface area contributed by atoms with Crippen LogP contribution in [0.4, 0.5) is 0 Å². The van der Waals surface area contributed by atoms with E-state index in [0.29, 0.717) is 13.1 Å². The standard InChI is InChI=1S/C7H14N2O3/c10-5-6(11)7(12)9-3-1-8-2-4-9/h6,8,10-11H,1-5H2. The molecule has 1 aliphatic rings. The second-order valence-corrected chi connectivity index (χ2v) is 2.77. The lowest BCUT2D eigenvalue weighted by Gasteiger charge is -2.28. The first kappa shape index (κ1) is 9.44. The molecule has 1 rings (SSSR count). The van der Waals surface area contributed by atoms with Crippen molar-refractivity contribution in [3.05, 3.63) is 0 Å². The van der Waals surface area contributed by atoms with Gasteiger partial charge in [0.15, 0.2) is 6.10 Å². The van der Waals surface area contributed by atoms with Crippen molar-refractivity contribution in [1.29, 1.82) is 0 Å². The molecule has 0 aromatic rings. The quantitative estimate of drug-likeness (QED) is 0.443. The van der Waals surface area contributed by atoms with E-state index >= 15 is 0 Å². The zero-order valence-corrected chi connectivity index (χ0v) is 6.86. The molecule has 5 nitrogen and oxygen atoms in total. The monoisotopic (exact) mass is 174 g/mol. The van der Waals surface area contributed by atoms with Crippen LogP contribution in [0.5, 0.6) is 0 Å². The molecule has 1 heterocycles. The molecule has 1 unspecified atom stereocenters. The van der Waals surface area contributed by atoms with Crippen LogP contribution in [-0.2, 0) is 4.79 Å². The van der Waals surface area contributed by atoms with Gasteiger partial charge < -0.3 is 20.4 Å². The maximum Gasteiger partial charge on any atom is 0.253 e. The van der Waals surface area contributed by atoms with Gasteiger partial charge in [-0.15, -0.1) is 0 Å². The third-order valence-electron chi connectivity index (χ3n) is 1.89. The maximum atomic E-state index is 11.2. The summed E-state index contributed by atoms with van der Waals surface area (Å²) in [6, 6.07) is 0. The van der Waals surface area contributed by atoms with Gasteiger partial charge in [0.05, 0.1) is 6.61 Å². The van der Waals surface area contributed by atoms with Crippen LogP contribution in [0, 0.1) is 0 Å². The van der Waals surface area contributed by atoms with Gasteiger partial charge in [0, 0.05) is 26.2 Å². The van der Waals surface area contributed by atoms with Crippen LogP contribution >= 0.6 is 0 Å². The van der Waals surface area contributed by atoms with Crippen molar-refractivity contribution in [1.82, 2.24) is 10.2 Å². The third-order valence-corrected chi connectivity index (χ3v) is 1.89. The summed E-state index contributed by atoms with van der Waals surface area (Å²) in [5.74, 6) is -0.376. The summed E-state index contributed by atoms with van der Waals surface area (Å²) in [7, 11) is 0. The summed E-state index contributed by atoms with van der Waals surface area (Å²) in [5, 5.41) is 20.6. The molecule has 1 amide bonds. The van der Waals surface area contributed by atoms with E-state index in [0.717, 1.165) is 13.1 Å². The Morgan fingerprint density at radius 2 is 2.08 bits per heavy atom. The van der Waals surface area contributed by atoms with Gasteiger partial charge in [-0.1, -0.05) is 0 Å². The molecular weight excluding hydrogens is 160 g/mol.